The van der Waals surface area contributed by atoms with Gasteiger partial charge in [-0.15, -0.1) is 0 Å². The number of benzene rings is 1. The van der Waals surface area contributed by atoms with E-state index in [1.165, 1.54) is 7.11 Å². The van der Waals surface area contributed by atoms with E-state index in [4.69, 9.17) is 16.3 Å². The molecule has 0 aromatic heterocycles. The molecule has 3 nitrogen and oxygen atoms in total. The predicted molar refractivity (Wildman–Crippen MR) is 51.6 cm³/mol. The Labute approximate surface area is 86.6 Å². The van der Waals surface area contributed by atoms with Crippen LogP contribution >= 0.6 is 11.6 Å². The summed E-state index contributed by atoms with van der Waals surface area (Å²) < 4.78 is 9.98. The number of carbonyl (C=O) groups excluding carboxylic acids is 1. The van der Waals surface area contributed by atoms with Crippen molar-refractivity contribution in [3.05, 3.63) is 28.8 Å². The molecule has 1 aliphatic heterocycles. The van der Waals surface area contributed by atoms with E-state index in [1.807, 2.05) is 12.1 Å². The van der Waals surface area contributed by atoms with Gasteiger partial charge in [0, 0.05) is 12.0 Å². The number of para-hydroxylation sites is 1. The minimum absolute atomic E-state index is 0.364. The molecule has 4 heteroatoms. The highest BCUT2D eigenvalue weighted by atomic mass is 35.5. The van der Waals surface area contributed by atoms with E-state index in [9.17, 15) is 4.79 Å². The van der Waals surface area contributed by atoms with Gasteiger partial charge in [-0.3, -0.25) is 0 Å². The van der Waals surface area contributed by atoms with Crippen LogP contribution in [-0.4, -0.2) is 19.2 Å². The van der Waals surface area contributed by atoms with Gasteiger partial charge < -0.3 is 9.47 Å². The normalized spacial score (nSPS) is 18.6. The molecule has 74 valence electrons. The number of carbonyl (C=O) groups is 1. The Bertz CT molecular complexity index is 376. The van der Waals surface area contributed by atoms with Crippen molar-refractivity contribution in [3.63, 3.8) is 0 Å². The zero-order chi connectivity index (χ0) is 10.1. The van der Waals surface area contributed by atoms with E-state index in [-0.39, 0.29) is 5.97 Å². The molecule has 14 heavy (non-hydrogen) atoms. The van der Waals surface area contributed by atoms with Crippen molar-refractivity contribution in [1.82, 2.24) is 0 Å². The number of rotatable bonds is 1. The monoisotopic (exact) mass is 212 g/mol. The number of fused-ring (bicyclic) bond motifs is 1. The first kappa shape index (κ1) is 9.34. The average Bonchev–Trinajstić information content (AvgIpc) is 2.62. The van der Waals surface area contributed by atoms with Crippen LogP contribution in [-0.2, 0) is 16.0 Å². The van der Waals surface area contributed by atoms with Crippen molar-refractivity contribution in [1.29, 1.82) is 0 Å². The fraction of sp³-hybridized carbons (Fsp3) is 0.300. The topological polar surface area (TPSA) is 35.5 Å². The van der Waals surface area contributed by atoms with Gasteiger partial charge in [-0.2, -0.15) is 0 Å². The van der Waals surface area contributed by atoms with Crippen LogP contribution in [0.4, 0.5) is 0 Å². The molecule has 1 heterocycles. The zero-order valence-electron chi connectivity index (χ0n) is 7.62. The maximum atomic E-state index is 11.2. The second-order valence-electron chi connectivity index (χ2n) is 3.06. The molecule has 1 aromatic rings. The maximum absolute atomic E-state index is 11.2. The Morgan fingerprint density at radius 1 is 1.64 bits per heavy atom. The number of hydrogen-bond donors (Lipinski definition) is 0. The second-order valence-corrected chi connectivity index (χ2v) is 3.47. The van der Waals surface area contributed by atoms with Crippen molar-refractivity contribution in [2.75, 3.05) is 7.11 Å². The SMILES string of the molecule is COC(=O)C1Cc2cccc(Cl)c2O1. The molecule has 0 saturated heterocycles. The van der Waals surface area contributed by atoms with Gasteiger partial charge in [-0.1, -0.05) is 23.7 Å². The van der Waals surface area contributed by atoms with Gasteiger partial charge in [0.1, 0.15) is 5.75 Å². The zero-order valence-corrected chi connectivity index (χ0v) is 8.38. The summed E-state index contributed by atoms with van der Waals surface area (Å²) in [5.74, 6) is 0.238. The Hall–Kier alpha value is -1.22. The molecule has 0 spiro atoms. The maximum Gasteiger partial charge on any atom is 0.347 e. The quantitative estimate of drug-likeness (QED) is 0.667. The van der Waals surface area contributed by atoms with Crippen molar-refractivity contribution < 1.29 is 14.3 Å². The van der Waals surface area contributed by atoms with E-state index >= 15 is 0 Å². The molecule has 0 saturated carbocycles. The molecule has 0 amide bonds. The molecule has 1 aromatic carbocycles. The Morgan fingerprint density at radius 3 is 3.07 bits per heavy atom. The first-order chi connectivity index (χ1) is 6.72. The van der Waals surface area contributed by atoms with Crippen molar-refractivity contribution in [3.8, 4) is 5.75 Å². The first-order valence-corrected chi connectivity index (χ1v) is 4.62. The van der Waals surface area contributed by atoms with Crippen molar-refractivity contribution >= 4 is 17.6 Å². The highest BCUT2D eigenvalue weighted by molar-refractivity contribution is 6.32. The lowest BCUT2D eigenvalue weighted by Gasteiger charge is -2.07. The smallest absolute Gasteiger partial charge is 0.347 e. The molecular weight excluding hydrogens is 204 g/mol. The van der Waals surface area contributed by atoms with Crippen LogP contribution in [0.3, 0.4) is 0 Å². The van der Waals surface area contributed by atoms with Gasteiger partial charge in [-0.05, 0) is 6.07 Å². The standard InChI is InChI=1S/C10H9ClO3/c1-13-10(12)8-5-6-3-2-4-7(11)9(6)14-8/h2-4,8H,5H2,1H3. The van der Waals surface area contributed by atoms with E-state index in [0.717, 1.165) is 5.56 Å². The molecule has 0 fully saturated rings. The molecule has 1 unspecified atom stereocenters. The molecule has 0 N–H and O–H groups in total. The summed E-state index contributed by atoms with van der Waals surface area (Å²) >= 11 is 5.91. The van der Waals surface area contributed by atoms with Gasteiger partial charge in [0.25, 0.3) is 0 Å². The summed E-state index contributed by atoms with van der Waals surface area (Å²) in [6, 6.07) is 5.47. The summed E-state index contributed by atoms with van der Waals surface area (Å²) in [4.78, 5) is 11.2. The van der Waals surface area contributed by atoms with Crippen LogP contribution in [0.2, 0.25) is 5.02 Å². The number of methoxy groups -OCH3 is 1. The van der Waals surface area contributed by atoms with Gasteiger partial charge >= 0.3 is 5.97 Å². The van der Waals surface area contributed by atoms with Crippen LogP contribution in [0.15, 0.2) is 18.2 Å². The number of esters is 1. The lowest BCUT2D eigenvalue weighted by atomic mass is 10.1. The average molecular weight is 213 g/mol. The van der Waals surface area contributed by atoms with Crippen LogP contribution in [0.25, 0.3) is 0 Å². The minimum Gasteiger partial charge on any atom is -0.477 e. The highest BCUT2D eigenvalue weighted by Gasteiger charge is 2.30. The Morgan fingerprint density at radius 2 is 2.43 bits per heavy atom. The minimum atomic E-state index is -0.546. The van der Waals surface area contributed by atoms with Crippen molar-refractivity contribution in [2.24, 2.45) is 0 Å². The summed E-state index contributed by atoms with van der Waals surface area (Å²) in [6.07, 6.45) is -0.0161. The van der Waals surface area contributed by atoms with Crippen LogP contribution in [0, 0.1) is 0 Å². The third-order valence-corrected chi connectivity index (χ3v) is 2.48. The summed E-state index contributed by atoms with van der Waals surface area (Å²) in [7, 11) is 1.34. The third-order valence-electron chi connectivity index (χ3n) is 2.18. The molecular formula is C10H9ClO3. The molecule has 0 aliphatic carbocycles. The summed E-state index contributed by atoms with van der Waals surface area (Å²) in [5, 5.41) is 0.536. The van der Waals surface area contributed by atoms with Crippen LogP contribution < -0.4 is 4.74 Å². The molecule has 1 atom stereocenters. The molecule has 0 radical (unpaired) electrons. The lowest BCUT2D eigenvalue weighted by molar-refractivity contribution is -0.147. The molecule has 2 rings (SSSR count). The summed E-state index contributed by atoms with van der Waals surface area (Å²) in [6.45, 7) is 0. The van der Waals surface area contributed by atoms with E-state index in [0.29, 0.717) is 17.2 Å². The highest BCUT2D eigenvalue weighted by Crippen LogP contribution is 2.35. The predicted octanol–water partition coefficient (Wildman–Crippen LogP) is 1.82. The third kappa shape index (κ3) is 1.44. The second kappa shape index (κ2) is 3.50. The van der Waals surface area contributed by atoms with Gasteiger partial charge in [0.15, 0.2) is 6.10 Å². The van der Waals surface area contributed by atoms with E-state index in [1.54, 1.807) is 6.07 Å². The largest absolute Gasteiger partial charge is 0.477 e. The fourth-order valence-corrected chi connectivity index (χ4v) is 1.73. The number of hydrogen-bond acceptors (Lipinski definition) is 3. The van der Waals surface area contributed by atoms with Gasteiger partial charge in [0.2, 0.25) is 0 Å². The molecule has 0 bridgehead atoms. The van der Waals surface area contributed by atoms with Gasteiger partial charge in [0.05, 0.1) is 12.1 Å². The number of halogens is 1. The van der Waals surface area contributed by atoms with E-state index < -0.39 is 6.10 Å². The summed E-state index contributed by atoms with van der Waals surface area (Å²) in [5.41, 5.74) is 0.952. The molecule has 1 aliphatic rings. The Balaban J connectivity index is 2.26. The fourth-order valence-electron chi connectivity index (χ4n) is 1.49. The Kier molecular flexibility index (Phi) is 2.33. The van der Waals surface area contributed by atoms with Crippen LogP contribution in [0.1, 0.15) is 5.56 Å². The van der Waals surface area contributed by atoms with E-state index in [2.05, 4.69) is 4.74 Å². The number of ether oxygens (including phenoxy) is 2. The lowest BCUT2D eigenvalue weighted by Crippen LogP contribution is -2.26. The van der Waals surface area contributed by atoms with Crippen LogP contribution in [0.5, 0.6) is 5.75 Å². The first-order valence-electron chi connectivity index (χ1n) is 4.24. The van der Waals surface area contributed by atoms with Gasteiger partial charge in [-0.25, -0.2) is 4.79 Å². The van der Waals surface area contributed by atoms with Crippen molar-refractivity contribution in [2.45, 2.75) is 12.5 Å².